The van der Waals surface area contributed by atoms with E-state index in [1.807, 2.05) is 18.2 Å². The maximum absolute atomic E-state index is 11.9. The quantitative estimate of drug-likeness (QED) is 0.856. The monoisotopic (exact) mass is 313 g/mol. The summed E-state index contributed by atoms with van der Waals surface area (Å²) in [7, 11) is 0. The molecule has 1 heterocycles. The van der Waals surface area contributed by atoms with Gasteiger partial charge in [0.25, 0.3) is 5.56 Å². The Hall–Kier alpha value is -2.47. The van der Waals surface area contributed by atoms with Crippen LogP contribution in [0, 0.1) is 5.92 Å². The molecule has 1 aromatic carbocycles. The van der Waals surface area contributed by atoms with Crippen molar-refractivity contribution in [2.24, 2.45) is 5.92 Å². The van der Waals surface area contributed by atoms with Gasteiger partial charge in [-0.2, -0.15) is 9.78 Å². The predicted molar refractivity (Wildman–Crippen MR) is 87.0 cm³/mol. The van der Waals surface area contributed by atoms with E-state index < -0.39 is 11.2 Å². The normalized spacial score (nSPS) is 17.3. The van der Waals surface area contributed by atoms with Crippen LogP contribution in [0.3, 0.4) is 0 Å². The Morgan fingerprint density at radius 1 is 1.22 bits per heavy atom. The van der Waals surface area contributed by atoms with Crippen LogP contribution in [0.5, 0.6) is 0 Å². The van der Waals surface area contributed by atoms with E-state index in [1.165, 1.54) is 0 Å². The number of rotatable bonds is 5. The summed E-state index contributed by atoms with van der Waals surface area (Å²) in [5, 5.41) is 4.15. The third-order valence-corrected chi connectivity index (χ3v) is 3.88. The molecule has 23 heavy (non-hydrogen) atoms. The zero-order valence-electron chi connectivity index (χ0n) is 12.8. The van der Waals surface area contributed by atoms with E-state index in [1.54, 1.807) is 12.1 Å². The molecule has 0 fully saturated rings. The molecule has 0 saturated heterocycles. The van der Waals surface area contributed by atoms with Crippen LogP contribution in [0.1, 0.15) is 19.3 Å². The SMILES string of the molecule is O=c1[nH]c(=O)n(COC[C@H]2CC=CCC2)nc1-c1ccccc1. The molecule has 6 nitrogen and oxygen atoms in total. The first-order valence-electron chi connectivity index (χ1n) is 7.73. The second kappa shape index (κ2) is 7.19. The molecule has 1 aliphatic carbocycles. The summed E-state index contributed by atoms with van der Waals surface area (Å²) in [6.45, 7) is 0.619. The summed E-state index contributed by atoms with van der Waals surface area (Å²) in [6, 6.07) is 9.05. The molecule has 0 radical (unpaired) electrons. The molecule has 120 valence electrons. The summed E-state index contributed by atoms with van der Waals surface area (Å²) in [5.41, 5.74) is -0.164. The highest BCUT2D eigenvalue weighted by molar-refractivity contribution is 5.56. The van der Waals surface area contributed by atoms with Crippen LogP contribution in [-0.2, 0) is 11.5 Å². The van der Waals surface area contributed by atoms with Crippen molar-refractivity contribution < 1.29 is 4.74 Å². The highest BCUT2D eigenvalue weighted by Crippen LogP contribution is 2.18. The average molecular weight is 313 g/mol. The molecule has 0 saturated carbocycles. The van der Waals surface area contributed by atoms with E-state index in [2.05, 4.69) is 22.2 Å². The first-order chi connectivity index (χ1) is 11.2. The summed E-state index contributed by atoms with van der Waals surface area (Å²) < 4.78 is 6.77. The first-order valence-corrected chi connectivity index (χ1v) is 7.73. The van der Waals surface area contributed by atoms with Crippen molar-refractivity contribution >= 4 is 0 Å². The minimum atomic E-state index is -0.557. The molecule has 0 unspecified atom stereocenters. The van der Waals surface area contributed by atoms with Crippen molar-refractivity contribution in [1.29, 1.82) is 0 Å². The third kappa shape index (κ3) is 3.84. The number of nitrogens with one attached hydrogen (secondary N) is 1. The number of aromatic amines is 1. The number of hydrogen-bond acceptors (Lipinski definition) is 4. The van der Waals surface area contributed by atoms with E-state index >= 15 is 0 Å². The second-order valence-corrected chi connectivity index (χ2v) is 5.62. The molecule has 0 amide bonds. The van der Waals surface area contributed by atoms with Gasteiger partial charge in [-0.05, 0) is 25.2 Å². The van der Waals surface area contributed by atoms with Gasteiger partial charge in [-0.3, -0.25) is 9.78 Å². The van der Waals surface area contributed by atoms with Gasteiger partial charge in [0.15, 0.2) is 5.69 Å². The topological polar surface area (TPSA) is 77.0 Å². The van der Waals surface area contributed by atoms with Gasteiger partial charge >= 0.3 is 5.69 Å². The smallest absolute Gasteiger partial charge is 0.347 e. The molecular formula is C17H19N3O3. The van der Waals surface area contributed by atoms with Gasteiger partial charge in [-0.25, -0.2) is 4.79 Å². The van der Waals surface area contributed by atoms with Gasteiger partial charge in [0.1, 0.15) is 6.73 Å². The Balaban J connectivity index is 1.73. The minimum Gasteiger partial charge on any atom is -0.359 e. The zero-order valence-corrected chi connectivity index (χ0v) is 12.8. The largest absolute Gasteiger partial charge is 0.359 e. The second-order valence-electron chi connectivity index (χ2n) is 5.62. The van der Waals surface area contributed by atoms with Crippen LogP contribution >= 0.6 is 0 Å². The Labute approximate surface area is 133 Å². The molecule has 6 heteroatoms. The molecule has 0 aliphatic heterocycles. The molecule has 1 aliphatic rings. The Bertz CT molecular complexity index is 793. The van der Waals surface area contributed by atoms with Crippen LogP contribution in [0.25, 0.3) is 11.3 Å². The number of allylic oxidation sites excluding steroid dienone is 2. The lowest BCUT2D eigenvalue weighted by atomic mass is 9.95. The minimum absolute atomic E-state index is 0.0374. The fourth-order valence-corrected chi connectivity index (χ4v) is 2.62. The van der Waals surface area contributed by atoms with Gasteiger partial charge in [-0.15, -0.1) is 0 Å². The molecule has 3 rings (SSSR count). The number of nitrogens with zero attached hydrogens (tertiary/aromatic N) is 2. The third-order valence-electron chi connectivity index (χ3n) is 3.88. The molecule has 1 N–H and O–H groups in total. The Morgan fingerprint density at radius 2 is 2.04 bits per heavy atom. The standard InChI is InChI=1S/C17H19N3O3/c21-16-15(14-9-5-2-6-10-14)19-20(17(22)18-16)12-23-11-13-7-3-1-4-8-13/h1-3,5-6,9-10,13H,4,7-8,11-12H2,(H,18,21,22)/t13-/m0/s1. The van der Waals surface area contributed by atoms with E-state index in [0.717, 1.165) is 23.9 Å². The van der Waals surface area contributed by atoms with E-state index in [0.29, 0.717) is 18.1 Å². The number of H-pyrrole nitrogens is 1. The summed E-state index contributed by atoms with van der Waals surface area (Å²) in [6.07, 6.45) is 7.51. The number of ether oxygens (including phenoxy) is 1. The first kappa shape index (κ1) is 15.4. The fourth-order valence-electron chi connectivity index (χ4n) is 2.62. The number of aromatic nitrogens is 3. The maximum atomic E-state index is 11.9. The van der Waals surface area contributed by atoms with Crippen molar-refractivity contribution in [2.75, 3.05) is 6.61 Å². The van der Waals surface area contributed by atoms with Crippen LogP contribution in [-0.4, -0.2) is 21.4 Å². The number of benzene rings is 1. The maximum Gasteiger partial charge on any atom is 0.347 e. The van der Waals surface area contributed by atoms with E-state index in [-0.39, 0.29) is 12.4 Å². The molecule has 0 bridgehead atoms. The molecule has 2 aromatic rings. The van der Waals surface area contributed by atoms with Crippen molar-refractivity contribution in [3.05, 3.63) is 63.3 Å². The Morgan fingerprint density at radius 3 is 2.78 bits per heavy atom. The Kier molecular flexibility index (Phi) is 4.83. The van der Waals surface area contributed by atoms with Gasteiger partial charge in [0, 0.05) is 5.56 Å². The molecular weight excluding hydrogens is 294 g/mol. The lowest BCUT2D eigenvalue weighted by Crippen LogP contribution is -2.34. The van der Waals surface area contributed by atoms with Crippen LogP contribution < -0.4 is 11.2 Å². The van der Waals surface area contributed by atoms with Crippen molar-refractivity contribution in [2.45, 2.75) is 26.0 Å². The fraction of sp³-hybridized carbons (Fsp3) is 0.353. The summed E-state index contributed by atoms with van der Waals surface area (Å²) in [5.74, 6) is 0.479. The van der Waals surface area contributed by atoms with Gasteiger partial charge in [0.2, 0.25) is 0 Å². The van der Waals surface area contributed by atoms with Crippen molar-refractivity contribution in [3.63, 3.8) is 0 Å². The molecule has 1 atom stereocenters. The lowest BCUT2D eigenvalue weighted by Gasteiger charge is -2.17. The van der Waals surface area contributed by atoms with Crippen LogP contribution in [0.2, 0.25) is 0 Å². The number of hydrogen-bond donors (Lipinski definition) is 1. The molecule has 0 spiro atoms. The summed E-state index contributed by atoms with van der Waals surface area (Å²) in [4.78, 5) is 26.1. The highest BCUT2D eigenvalue weighted by Gasteiger charge is 2.12. The van der Waals surface area contributed by atoms with E-state index in [9.17, 15) is 9.59 Å². The van der Waals surface area contributed by atoms with Crippen molar-refractivity contribution in [1.82, 2.24) is 14.8 Å². The highest BCUT2D eigenvalue weighted by atomic mass is 16.5. The molecule has 1 aromatic heterocycles. The zero-order chi connectivity index (χ0) is 16.1. The van der Waals surface area contributed by atoms with Crippen LogP contribution in [0.15, 0.2) is 52.1 Å². The predicted octanol–water partition coefficient (Wildman–Crippen LogP) is 1.93. The summed E-state index contributed by atoms with van der Waals surface area (Å²) >= 11 is 0. The lowest BCUT2D eigenvalue weighted by molar-refractivity contribution is 0.0372. The van der Waals surface area contributed by atoms with Gasteiger partial charge in [-0.1, -0.05) is 42.5 Å². The van der Waals surface area contributed by atoms with Crippen LogP contribution in [0.4, 0.5) is 0 Å². The van der Waals surface area contributed by atoms with E-state index in [4.69, 9.17) is 4.74 Å². The van der Waals surface area contributed by atoms with Gasteiger partial charge < -0.3 is 4.74 Å². The van der Waals surface area contributed by atoms with Crippen molar-refractivity contribution in [3.8, 4) is 11.3 Å². The average Bonchev–Trinajstić information content (AvgIpc) is 2.58. The van der Waals surface area contributed by atoms with Gasteiger partial charge in [0.05, 0.1) is 6.61 Å².